The van der Waals surface area contributed by atoms with Crippen molar-refractivity contribution in [3.63, 3.8) is 0 Å². The Kier molecular flexibility index (Phi) is 2.83. The molecule has 0 aliphatic carbocycles. The molecule has 19 heavy (non-hydrogen) atoms. The van der Waals surface area contributed by atoms with Crippen LogP contribution in [0.3, 0.4) is 0 Å². The zero-order valence-electron chi connectivity index (χ0n) is 10.9. The third-order valence-electron chi connectivity index (χ3n) is 2.93. The molecule has 0 N–H and O–H groups in total. The number of aromatic nitrogens is 4. The summed E-state index contributed by atoms with van der Waals surface area (Å²) in [6.45, 7) is 3.99. The third-order valence-corrected chi connectivity index (χ3v) is 2.93. The van der Waals surface area contributed by atoms with Gasteiger partial charge in [0, 0.05) is 23.7 Å². The van der Waals surface area contributed by atoms with E-state index in [0.29, 0.717) is 5.95 Å². The highest BCUT2D eigenvalue weighted by atomic mass is 15.3. The van der Waals surface area contributed by atoms with Crippen LogP contribution >= 0.6 is 0 Å². The second-order valence-corrected chi connectivity index (χ2v) is 4.47. The maximum atomic E-state index is 4.58. The van der Waals surface area contributed by atoms with E-state index in [2.05, 4.69) is 27.2 Å². The quantitative estimate of drug-likeness (QED) is 0.702. The van der Waals surface area contributed by atoms with Crippen LogP contribution in [0, 0.1) is 13.8 Å². The van der Waals surface area contributed by atoms with Crippen LogP contribution in [0.2, 0.25) is 0 Å². The highest BCUT2D eigenvalue weighted by Gasteiger charge is 2.09. The molecule has 0 fully saturated rings. The van der Waals surface area contributed by atoms with E-state index in [1.165, 1.54) is 0 Å². The Hall–Kier alpha value is -2.49. The van der Waals surface area contributed by atoms with Crippen LogP contribution in [-0.4, -0.2) is 19.7 Å². The van der Waals surface area contributed by atoms with Crippen molar-refractivity contribution in [1.82, 2.24) is 19.7 Å². The molecule has 0 aliphatic rings. The number of hydrogen-bond donors (Lipinski definition) is 0. The molecule has 0 unspecified atom stereocenters. The Labute approximate surface area is 111 Å². The largest absolute Gasteiger partial charge is 0.250 e. The Balaban J connectivity index is 2.07. The number of benzene rings is 1. The van der Waals surface area contributed by atoms with E-state index in [0.717, 1.165) is 22.5 Å². The lowest BCUT2D eigenvalue weighted by atomic mass is 10.1. The van der Waals surface area contributed by atoms with Crippen molar-refractivity contribution in [3.8, 4) is 17.2 Å². The first-order chi connectivity index (χ1) is 9.24. The fourth-order valence-corrected chi connectivity index (χ4v) is 1.99. The Bertz CT molecular complexity index is 701. The van der Waals surface area contributed by atoms with E-state index >= 15 is 0 Å². The topological polar surface area (TPSA) is 43.6 Å². The second kappa shape index (κ2) is 4.65. The van der Waals surface area contributed by atoms with Gasteiger partial charge in [0.1, 0.15) is 0 Å². The van der Waals surface area contributed by atoms with Gasteiger partial charge in [-0.15, -0.1) is 0 Å². The molecular weight excluding hydrogens is 236 g/mol. The highest BCUT2D eigenvalue weighted by Crippen LogP contribution is 2.21. The molecule has 3 aromatic rings. The molecule has 0 saturated heterocycles. The number of nitrogens with zero attached hydrogens (tertiary/aromatic N) is 4. The molecule has 4 nitrogen and oxygen atoms in total. The minimum atomic E-state index is 0.602. The lowest BCUT2D eigenvalue weighted by molar-refractivity contribution is 0.803. The minimum absolute atomic E-state index is 0.602. The summed E-state index contributed by atoms with van der Waals surface area (Å²) in [7, 11) is 0. The normalized spacial score (nSPS) is 10.6. The molecule has 1 aromatic carbocycles. The van der Waals surface area contributed by atoms with E-state index < -0.39 is 0 Å². The lowest BCUT2D eigenvalue weighted by Crippen LogP contribution is -2.02. The van der Waals surface area contributed by atoms with E-state index in [-0.39, 0.29) is 0 Å². The number of rotatable bonds is 2. The predicted molar refractivity (Wildman–Crippen MR) is 74.1 cm³/mol. The first-order valence-corrected chi connectivity index (χ1v) is 6.16. The molecule has 0 amide bonds. The van der Waals surface area contributed by atoms with Gasteiger partial charge in [0.25, 0.3) is 5.95 Å². The molecular formula is C15H14N4. The zero-order chi connectivity index (χ0) is 13.2. The summed E-state index contributed by atoms with van der Waals surface area (Å²) >= 11 is 0. The smallest absolute Gasteiger partial charge is 0.220 e. The number of hydrogen-bond acceptors (Lipinski definition) is 3. The van der Waals surface area contributed by atoms with Crippen molar-refractivity contribution in [2.45, 2.75) is 13.8 Å². The average Bonchev–Trinajstić information content (AvgIpc) is 2.82. The van der Waals surface area contributed by atoms with Gasteiger partial charge in [0.15, 0.2) is 0 Å². The van der Waals surface area contributed by atoms with Crippen LogP contribution in [0.4, 0.5) is 0 Å². The van der Waals surface area contributed by atoms with Gasteiger partial charge in [-0.3, -0.25) is 0 Å². The zero-order valence-corrected chi connectivity index (χ0v) is 10.9. The maximum absolute atomic E-state index is 4.58. The summed E-state index contributed by atoms with van der Waals surface area (Å²) in [6.07, 6.45) is 3.70. The SMILES string of the molecule is Cc1ccnc(-n2cc(C)c(-c3ccccc3)n2)n1. The predicted octanol–water partition coefficient (Wildman–Crippen LogP) is 2.95. The molecule has 0 atom stereocenters. The van der Waals surface area contributed by atoms with Crippen molar-refractivity contribution in [2.75, 3.05) is 0 Å². The van der Waals surface area contributed by atoms with Gasteiger partial charge in [-0.2, -0.15) is 5.10 Å². The van der Waals surface area contributed by atoms with E-state index in [4.69, 9.17) is 0 Å². The van der Waals surface area contributed by atoms with Gasteiger partial charge in [-0.25, -0.2) is 14.6 Å². The maximum Gasteiger partial charge on any atom is 0.250 e. The van der Waals surface area contributed by atoms with E-state index in [1.54, 1.807) is 10.9 Å². The molecule has 4 heteroatoms. The van der Waals surface area contributed by atoms with Crippen LogP contribution in [0.25, 0.3) is 17.2 Å². The summed E-state index contributed by atoms with van der Waals surface area (Å²) in [5.41, 5.74) is 4.10. The molecule has 2 heterocycles. The van der Waals surface area contributed by atoms with Crippen LogP contribution in [-0.2, 0) is 0 Å². The van der Waals surface area contributed by atoms with E-state index in [1.807, 2.05) is 44.3 Å². The summed E-state index contributed by atoms with van der Waals surface area (Å²) < 4.78 is 1.73. The first-order valence-electron chi connectivity index (χ1n) is 6.16. The van der Waals surface area contributed by atoms with Gasteiger partial charge in [0.2, 0.25) is 0 Å². The van der Waals surface area contributed by atoms with Gasteiger partial charge < -0.3 is 0 Å². The van der Waals surface area contributed by atoms with E-state index in [9.17, 15) is 0 Å². The summed E-state index contributed by atoms with van der Waals surface area (Å²) in [5.74, 6) is 0.602. The van der Waals surface area contributed by atoms with Gasteiger partial charge in [-0.05, 0) is 25.5 Å². The average molecular weight is 250 g/mol. The Morgan fingerprint density at radius 3 is 2.53 bits per heavy atom. The van der Waals surface area contributed by atoms with Gasteiger partial charge >= 0.3 is 0 Å². The Morgan fingerprint density at radius 2 is 1.79 bits per heavy atom. The Morgan fingerprint density at radius 1 is 1.00 bits per heavy atom. The second-order valence-electron chi connectivity index (χ2n) is 4.47. The number of aryl methyl sites for hydroxylation is 2. The van der Waals surface area contributed by atoms with Gasteiger partial charge in [0.05, 0.1) is 5.69 Å². The van der Waals surface area contributed by atoms with Crippen LogP contribution in [0.15, 0.2) is 48.8 Å². The lowest BCUT2D eigenvalue weighted by Gasteiger charge is -2.00. The molecule has 2 aromatic heterocycles. The summed E-state index contributed by atoms with van der Waals surface area (Å²) in [5, 5.41) is 4.58. The molecule has 3 rings (SSSR count). The molecule has 0 saturated carbocycles. The van der Waals surface area contributed by atoms with Crippen LogP contribution in [0.5, 0.6) is 0 Å². The van der Waals surface area contributed by atoms with Gasteiger partial charge in [-0.1, -0.05) is 30.3 Å². The third kappa shape index (κ3) is 2.25. The van der Waals surface area contributed by atoms with Crippen molar-refractivity contribution >= 4 is 0 Å². The molecule has 0 bridgehead atoms. The van der Waals surface area contributed by atoms with Crippen molar-refractivity contribution in [3.05, 3.63) is 60.0 Å². The summed E-state index contributed by atoms with van der Waals surface area (Å²) in [6, 6.07) is 12.0. The monoisotopic (exact) mass is 250 g/mol. The molecule has 0 spiro atoms. The fraction of sp³-hybridized carbons (Fsp3) is 0.133. The first kappa shape index (κ1) is 11.6. The van der Waals surface area contributed by atoms with Crippen molar-refractivity contribution in [1.29, 1.82) is 0 Å². The van der Waals surface area contributed by atoms with Crippen LogP contribution in [0.1, 0.15) is 11.3 Å². The fourth-order valence-electron chi connectivity index (χ4n) is 1.99. The van der Waals surface area contributed by atoms with Crippen molar-refractivity contribution < 1.29 is 0 Å². The molecule has 0 radical (unpaired) electrons. The van der Waals surface area contributed by atoms with Crippen molar-refractivity contribution in [2.24, 2.45) is 0 Å². The summed E-state index contributed by atoms with van der Waals surface area (Å²) in [4.78, 5) is 8.63. The standard InChI is InChI=1S/C15H14N4/c1-11-10-19(15-16-9-8-12(2)17-15)18-14(11)13-6-4-3-5-7-13/h3-10H,1-2H3. The minimum Gasteiger partial charge on any atom is -0.220 e. The molecule has 0 aliphatic heterocycles. The molecule has 94 valence electrons. The highest BCUT2D eigenvalue weighted by molar-refractivity contribution is 5.62. The van der Waals surface area contributed by atoms with Crippen LogP contribution < -0.4 is 0 Å².